The van der Waals surface area contributed by atoms with Gasteiger partial charge in [-0.15, -0.1) is 0 Å². The maximum Gasteiger partial charge on any atom is 0.266 e. The Balaban J connectivity index is 1.71. The highest BCUT2D eigenvalue weighted by molar-refractivity contribution is 9.10. The number of halogens is 3. The van der Waals surface area contributed by atoms with Gasteiger partial charge in [0.1, 0.15) is 24.0 Å². The summed E-state index contributed by atoms with van der Waals surface area (Å²) in [6.07, 6.45) is 1.52. The SMILES string of the molecule is Cc1ccc(NC(=O)/C(C#N)=C/c2ccc(OCc3ccc(Cl)cc3Cl)c(Br)c2)cc1. The van der Waals surface area contributed by atoms with Crippen molar-refractivity contribution in [3.05, 3.63) is 97.4 Å². The zero-order valence-corrected chi connectivity index (χ0v) is 19.6. The quantitative estimate of drug-likeness (QED) is 0.279. The van der Waals surface area contributed by atoms with Crippen LogP contribution in [0.3, 0.4) is 0 Å². The van der Waals surface area contributed by atoms with Crippen LogP contribution in [-0.2, 0) is 11.4 Å². The average Bonchev–Trinajstić information content (AvgIpc) is 2.74. The predicted molar refractivity (Wildman–Crippen MR) is 128 cm³/mol. The summed E-state index contributed by atoms with van der Waals surface area (Å²) in [5.41, 5.74) is 3.19. The van der Waals surface area contributed by atoms with Crippen LogP contribution in [0.25, 0.3) is 6.08 Å². The van der Waals surface area contributed by atoms with Crippen LogP contribution in [0.5, 0.6) is 5.75 Å². The Morgan fingerprint density at radius 3 is 2.52 bits per heavy atom. The number of benzene rings is 3. The van der Waals surface area contributed by atoms with E-state index >= 15 is 0 Å². The number of hydrogen-bond acceptors (Lipinski definition) is 3. The molecule has 0 aromatic heterocycles. The van der Waals surface area contributed by atoms with Gasteiger partial charge in [0.15, 0.2) is 0 Å². The molecule has 0 aliphatic heterocycles. The van der Waals surface area contributed by atoms with E-state index in [1.807, 2.05) is 31.2 Å². The van der Waals surface area contributed by atoms with Gasteiger partial charge in [0.25, 0.3) is 5.91 Å². The first-order valence-corrected chi connectivity index (χ1v) is 10.8. The summed E-state index contributed by atoms with van der Waals surface area (Å²) in [6.45, 7) is 2.23. The highest BCUT2D eigenvalue weighted by atomic mass is 79.9. The minimum Gasteiger partial charge on any atom is -0.488 e. The van der Waals surface area contributed by atoms with Crippen molar-refractivity contribution in [1.82, 2.24) is 0 Å². The second-order valence-electron chi connectivity index (χ2n) is 6.70. The molecule has 0 saturated heterocycles. The Kier molecular flexibility index (Phi) is 7.75. The largest absolute Gasteiger partial charge is 0.488 e. The van der Waals surface area contributed by atoms with Crippen molar-refractivity contribution in [2.24, 2.45) is 0 Å². The van der Waals surface area contributed by atoms with Crippen LogP contribution in [-0.4, -0.2) is 5.91 Å². The molecule has 31 heavy (non-hydrogen) atoms. The van der Waals surface area contributed by atoms with Gasteiger partial charge >= 0.3 is 0 Å². The monoisotopic (exact) mass is 514 g/mol. The van der Waals surface area contributed by atoms with E-state index < -0.39 is 5.91 Å². The number of nitrogens with one attached hydrogen (secondary N) is 1. The third kappa shape index (κ3) is 6.35. The molecular weight excluding hydrogens is 499 g/mol. The number of carbonyl (C=O) groups is 1. The number of nitrogens with zero attached hydrogens (tertiary/aromatic N) is 1. The number of ether oxygens (including phenoxy) is 1. The first kappa shape index (κ1) is 22.9. The molecule has 0 atom stereocenters. The number of hydrogen-bond donors (Lipinski definition) is 1. The van der Waals surface area contributed by atoms with E-state index in [0.717, 1.165) is 11.1 Å². The molecule has 1 N–H and O–H groups in total. The first-order chi connectivity index (χ1) is 14.9. The third-order valence-electron chi connectivity index (χ3n) is 4.34. The third-order valence-corrected chi connectivity index (χ3v) is 5.55. The summed E-state index contributed by atoms with van der Waals surface area (Å²) in [4.78, 5) is 12.4. The first-order valence-electron chi connectivity index (χ1n) is 9.22. The number of carbonyl (C=O) groups excluding carboxylic acids is 1. The number of amides is 1. The van der Waals surface area contributed by atoms with Gasteiger partial charge in [0.05, 0.1) is 4.47 Å². The molecule has 156 valence electrons. The average molecular weight is 516 g/mol. The molecule has 3 rings (SSSR count). The molecule has 0 unspecified atom stereocenters. The second kappa shape index (κ2) is 10.5. The van der Waals surface area contributed by atoms with Gasteiger partial charge in [-0.3, -0.25) is 4.79 Å². The lowest BCUT2D eigenvalue weighted by Gasteiger charge is -2.10. The van der Waals surface area contributed by atoms with Crippen LogP contribution in [0, 0.1) is 18.3 Å². The van der Waals surface area contributed by atoms with Crippen molar-refractivity contribution in [1.29, 1.82) is 5.26 Å². The van der Waals surface area contributed by atoms with Crippen LogP contribution in [0.2, 0.25) is 10.0 Å². The van der Waals surface area contributed by atoms with E-state index in [2.05, 4.69) is 21.2 Å². The molecule has 7 heteroatoms. The molecule has 1 amide bonds. The van der Waals surface area contributed by atoms with E-state index in [9.17, 15) is 10.1 Å². The molecule has 0 bridgehead atoms. The molecular formula is C24H17BrCl2N2O2. The molecule has 0 radical (unpaired) electrons. The fourth-order valence-electron chi connectivity index (χ4n) is 2.67. The Morgan fingerprint density at radius 2 is 1.87 bits per heavy atom. The minimum atomic E-state index is -0.472. The van der Waals surface area contributed by atoms with Crippen LogP contribution < -0.4 is 10.1 Å². The van der Waals surface area contributed by atoms with Crippen LogP contribution in [0.15, 0.2) is 70.7 Å². The Labute approximate surface area is 199 Å². The van der Waals surface area contributed by atoms with E-state index in [1.165, 1.54) is 6.08 Å². The molecule has 0 aliphatic rings. The van der Waals surface area contributed by atoms with Crippen molar-refractivity contribution in [2.75, 3.05) is 5.32 Å². The van der Waals surface area contributed by atoms with Crippen molar-refractivity contribution >= 4 is 56.8 Å². The summed E-state index contributed by atoms with van der Waals surface area (Å²) in [5, 5.41) is 13.2. The van der Waals surface area contributed by atoms with Gasteiger partial charge in [-0.1, -0.05) is 53.0 Å². The predicted octanol–water partition coefficient (Wildman–Crippen LogP) is 7.19. The van der Waals surface area contributed by atoms with E-state index in [1.54, 1.807) is 42.5 Å². The van der Waals surface area contributed by atoms with Gasteiger partial charge < -0.3 is 10.1 Å². The van der Waals surface area contributed by atoms with Gasteiger partial charge in [-0.2, -0.15) is 5.26 Å². The summed E-state index contributed by atoms with van der Waals surface area (Å²) in [5.74, 6) is 0.131. The fourth-order valence-corrected chi connectivity index (χ4v) is 3.64. The standard InChI is InChI=1S/C24H17BrCl2N2O2/c1-15-2-7-20(8-3-15)29-24(30)18(13-28)10-16-4-9-23(21(25)11-16)31-14-17-5-6-19(26)12-22(17)27/h2-12H,14H2,1H3,(H,29,30)/b18-10+. The normalized spacial score (nSPS) is 11.0. The topological polar surface area (TPSA) is 62.1 Å². The zero-order chi connectivity index (χ0) is 22.4. The molecule has 3 aromatic rings. The molecule has 4 nitrogen and oxygen atoms in total. The number of nitriles is 1. The van der Waals surface area contributed by atoms with Gasteiger partial charge in [0.2, 0.25) is 0 Å². The Bertz CT molecular complexity index is 1190. The lowest BCUT2D eigenvalue weighted by molar-refractivity contribution is -0.112. The summed E-state index contributed by atoms with van der Waals surface area (Å²) in [7, 11) is 0. The molecule has 0 aliphatic carbocycles. The lowest BCUT2D eigenvalue weighted by atomic mass is 10.1. The highest BCUT2D eigenvalue weighted by Gasteiger charge is 2.11. The van der Waals surface area contributed by atoms with Gasteiger partial charge in [-0.05, 0) is 70.9 Å². The highest BCUT2D eigenvalue weighted by Crippen LogP contribution is 2.29. The van der Waals surface area contributed by atoms with Crippen LogP contribution in [0.1, 0.15) is 16.7 Å². The van der Waals surface area contributed by atoms with Crippen LogP contribution >= 0.6 is 39.1 Å². The molecule has 0 spiro atoms. The molecule has 0 heterocycles. The number of anilines is 1. The van der Waals surface area contributed by atoms with Crippen molar-refractivity contribution in [3.8, 4) is 11.8 Å². The minimum absolute atomic E-state index is 0.00547. The van der Waals surface area contributed by atoms with Gasteiger partial charge in [0, 0.05) is 21.3 Å². The summed E-state index contributed by atoms with van der Waals surface area (Å²) >= 11 is 15.6. The van der Waals surface area contributed by atoms with Crippen molar-refractivity contribution in [3.63, 3.8) is 0 Å². The smallest absolute Gasteiger partial charge is 0.266 e. The molecule has 0 fully saturated rings. The summed E-state index contributed by atoms with van der Waals surface area (Å²) < 4.78 is 6.51. The second-order valence-corrected chi connectivity index (χ2v) is 8.40. The Hall–Kier alpha value is -2.78. The maximum absolute atomic E-state index is 12.4. The van der Waals surface area contributed by atoms with E-state index in [0.29, 0.717) is 31.5 Å². The lowest BCUT2D eigenvalue weighted by Crippen LogP contribution is -2.13. The van der Waals surface area contributed by atoms with E-state index in [-0.39, 0.29) is 12.2 Å². The number of rotatable bonds is 6. The Morgan fingerprint density at radius 1 is 1.13 bits per heavy atom. The maximum atomic E-state index is 12.4. The molecule has 0 saturated carbocycles. The van der Waals surface area contributed by atoms with Crippen molar-refractivity contribution in [2.45, 2.75) is 13.5 Å². The fraction of sp³-hybridized carbons (Fsp3) is 0.0833. The van der Waals surface area contributed by atoms with Gasteiger partial charge in [-0.25, -0.2) is 0 Å². The summed E-state index contributed by atoms with van der Waals surface area (Å²) in [6, 6.07) is 19.8. The van der Waals surface area contributed by atoms with Crippen molar-refractivity contribution < 1.29 is 9.53 Å². The zero-order valence-electron chi connectivity index (χ0n) is 16.5. The molecule has 3 aromatic carbocycles. The van der Waals surface area contributed by atoms with Crippen LogP contribution in [0.4, 0.5) is 5.69 Å². The number of aryl methyl sites for hydroxylation is 1. The van der Waals surface area contributed by atoms with E-state index in [4.69, 9.17) is 27.9 Å².